The number of hydrogen-bond acceptors (Lipinski definition) is 1. The SMILES string of the molecule is NC1CCC(F)(c2cccc3ccccc23)C1. The van der Waals surface area contributed by atoms with Crippen LogP contribution in [0.25, 0.3) is 10.8 Å². The van der Waals surface area contributed by atoms with Gasteiger partial charge < -0.3 is 5.73 Å². The van der Waals surface area contributed by atoms with E-state index in [4.69, 9.17) is 5.73 Å². The van der Waals surface area contributed by atoms with Crippen LogP contribution in [0.5, 0.6) is 0 Å². The lowest BCUT2D eigenvalue weighted by molar-refractivity contribution is 0.174. The quantitative estimate of drug-likeness (QED) is 0.795. The maximum Gasteiger partial charge on any atom is 0.138 e. The molecule has 0 bridgehead atoms. The van der Waals surface area contributed by atoms with Gasteiger partial charge in [-0.2, -0.15) is 0 Å². The van der Waals surface area contributed by atoms with E-state index in [1.54, 1.807) is 0 Å². The van der Waals surface area contributed by atoms with Crippen LogP contribution in [-0.4, -0.2) is 6.04 Å². The summed E-state index contributed by atoms with van der Waals surface area (Å²) in [4.78, 5) is 0. The minimum atomic E-state index is -1.24. The maximum atomic E-state index is 14.9. The Bertz CT molecular complexity index is 546. The Balaban J connectivity index is 2.17. The lowest BCUT2D eigenvalue weighted by Crippen LogP contribution is -2.21. The summed E-state index contributed by atoms with van der Waals surface area (Å²) >= 11 is 0. The molecular weight excluding hydrogens is 213 g/mol. The Hall–Kier alpha value is -1.41. The average molecular weight is 229 g/mol. The van der Waals surface area contributed by atoms with Crippen LogP contribution in [0.15, 0.2) is 42.5 Å². The fourth-order valence-electron chi connectivity index (χ4n) is 2.89. The van der Waals surface area contributed by atoms with Crippen LogP contribution in [0.4, 0.5) is 4.39 Å². The van der Waals surface area contributed by atoms with Gasteiger partial charge in [0.25, 0.3) is 0 Å². The van der Waals surface area contributed by atoms with Crippen molar-refractivity contribution in [1.82, 2.24) is 0 Å². The van der Waals surface area contributed by atoms with Gasteiger partial charge in [-0.1, -0.05) is 42.5 Å². The Morgan fingerprint density at radius 2 is 1.88 bits per heavy atom. The topological polar surface area (TPSA) is 26.0 Å². The maximum absolute atomic E-state index is 14.9. The summed E-state index contributed by atoms with van der Waals surface area (Å²) in [6.45, 7) is 0. The molecule has 17 heavy (non-hydrogen) atoms. The third kappa shape index (κ3) is 1.73. The molecule has 0 aromatic heterocycles. The van der Waals surface area contributed by atoms with Crippen LogP contribution < -0.4 is 5.73 Å². The van der Waals surface area contributed by atoms with Crippen LogP contribution in [0.3, 0.4) is 0 Å². The Morgan fingerprint density at radius 1 is 1.12 bits per heavy atom. The van der Waals surface area contributed by atoms with Crippen LogP contribution in [0, 0.1) is 0 Å². The molecule has 1 saturated carbocycles. The summed E-state index contributed by atoms with van der Waals surface area (Å²) in [6.07, 6.45) is 1.77. The zero-order valence-electron chi connectivity index (χ0n) is 9.70. The second-order valence-corrected chi connectivity index (χ2v) is 4.99. The molecule has 0 heterocycles. The molecule has 2 atom stereocenters. The summed E-state index contributed by atoms with van der Waals surface area (Å²) in [5.74, 6) is 0. The van der Waals surface area contributed by atoms with Gasteiger partial charge in [-0.05, 0) is 29.2 Å². The van der Waals surface area contributed by atoms with Gasteiger partial charge in [0.15, 0.2) is 0 Å². The van der Waals surface area contributed by atoms with E-state index < -0.39 is 5.67 Å². The summed E-state index contributed by atoms with van der Waals surface area (Å²) in [7, 11) is 0. The number of hydrogen-bond donors (Lipinski definition) is 1. The van der Waals surface area contributed by atoms with E-state index in [0.717, 1.165) is 22.8 Å². The molecule has 2 aromatic rings. The van der Waals surface area contributed by atoms with Crippen LogP contribution in [0.1, 0.15) is 24.8 Å². The van der Waals surface area contributed by atoms with Gasteiger partial charge in [0, 0.05) is 12.5 Å². The molecule has 2 unspecified atom stereocenters. The van der Waals surface area contributed by atoms with Crippen molar-refractivity contribution in [3.8, 4) is 0 Å². The highest BCUT2D eigenvalue weighted by Crippen LogP contribution is 2.44. The summed E-state index contributed by atoms with van der Waals surface area (Å²) in [5.41, 5.74) is 5.42. The van der Waals surface area contributed by atoms with E-state index in [-0.39, 0.29) is 6.04 Å². The Labute approximate surface area is 100 Å². The van der Waals surface area contributed by atoms with Crippen molar-refractivity contribution in [1.29, 1.82) is 0 Å². The zero-order chi connectivity index (χ0) is 11.9. The van der Waals surface area contributed by atoms with Gasteiger partial charge in [-0.15, -0.1) is 0 Å². The molecule has 0 radical (unpaired) electrons. The van der Waals surface area contributed by atoms with Gasteiger partial charge in [-0.25, -0.2) is 4.39 Å². The molecule has 0 amide bonds. The molecule has 2 N–H and O–H groups in total. The van der Waals surface area contributed by atoms with E-state index in [1.807, 2.05) is 42.5 Å². The fraction of sp³-hybridized carbons (Fsp3) is 0.333. The largest absolute Gasteiger partial charge is 0.328 e. The molecule has 3 rings (SSSR count). The number of alkyl halides is 1. The van der Waals surface area contributed by atoms with Gasteiger partial charge in [0.05, 0.1) is 0 Å². The highest BCUT2D eigenvalue weighted by atomic mass is 19.1. The third-order valence-electron chi connectivity index (χ3n) is 3.77. The molecule has 88 valence electrons. The van der Waals surface area contributed by atoms with E-state index in [9.17, 15) is 4.39 Å². The molecule has 1 aliphatic carbocycles. The van der Waals surface area contributed by atoms with Crippen molar-refractivity contribution < 1.29 is 4.39 Å². The molecule has 0 spiro atoms. The van der Waals surface area contributed by atoms with Crippen LogP contribution in [-0.2, 0) is 5.67 Å². The van der Waals surface area contributed by atoms with E-state index in [2.05, 4.69) is 0 Å². The van der Waals surface area contributed by atoms with Gasteiger partial charge >= 0.3 is 0 Å². The smallest absolute Gasteiger partial charge is 0.138 e. The number of fused-ring (bicyclic) bond motifs is 1. The minimum absolute atomic E-state index is 0.000955. The second-order valence-electron chi connectivity index (χ2n) is 4.99. The number of nitrogens with two attached hydrogens (primary N) is 1. The fourth-order valence-corrected chi connectivity index (χ4v) is 2.89. The molecular formula is C15H16FN. The number of rotatable bonds is 1. The Kier molecular flexibility index (Phi) is 2.40. The molecule has 0 aliphatic heterocycles. The molecule has 1 fully saturated rings. The molecule has 2 heteroatoms. The lowest BCUT2D eigenvalue weighted by atomic mass is 9.89. The summed E-state index contributed by atoms with van der Waals surface area (Å²) in [6, 6.07) is 13.8. The monoisotopic (exact) mass is 229 g/mol. The van der Waals surface area contributed by atoms with Crippen molar-refractivity contribution in [2.75, 3.05) is 0 Å². The van der Waals surface area contributed by atoms with E-state index in [0.29, 0.717) is 12.8 Å². The van der Waals surface area contributed by atoms with Gasteiger partial charge in [0.1, 0.15) is 5.67 Å². The first-order valence-corrected chi connectivity index (χ1v) is 6.12. The normalized spacial score (nSPS) is 28.7. The predicted molar refractivity (Wildman–Crippen MR) is 68.6 cm³/mol. The first-order valence-electron chi connectivity index (χ1n) is 6.12. The lowest BCUT2D eigenvalue weighted by Gasteiger charge is -2.21. The minimum Gasteiger partial charge on any atom is -0.328 e. The van der Waals surface area contributed by atoms with Crippen LogP contribution in [0.2, 0.25) is 0 Å². The van der Waals surface area contributed by atoms with Crippen molar-refractivity contribution in [2.24, 2.45) is 5.73 Å². The molecule has 0 saturated heterocycles. The van der Waals surface area contributed by atoms with Crippen molar-refractivity contribution in [3.63, 3.8) is 0 Å². The highest BCUT2D eigenvalue weighted by Gasteiger charge is 2.40. The number of benzene rings is 2. The standard InChI is InChI=1S/C15H16FN/c16-15(9-8-12(17)10-15)14-7-3-5-11-4-1-2-6-13(11)14/h1-7,12H,8-10,17H2. The van der Waals surface area contributed by atoms with Gasteiger partial charge in [-0.3, -0.25) is 0 Å². The Morgan fingerprint density at radius 3 is 2.65 bits per heavy atom. The summed E-state index contributed by atoms with van der Waals surface area (Å²) in [5, 5.41) is 2.12. The molecule has 2 aromatic carbocycles. The van der Waals surface area contributed by atoms with E-state index >= 15 is 0 Å². The first-order chi connectivity index (χ1) is 8.19. The predicted octanol–water partition coefficient (Wildman–Crippen LogP) is 3.52. The van der Waals surface area contributed by atoms with E-state index in [1.165, 1.54) is 0 Å². The first kappa shape index (κ1) is 10.7. The average Bonchev–Trinajstić information content (AvgIpc) is 2.70. The molecule has 1 aliphatic rings. The highest BCUT2D eigenvalue weighted by molar-refractivity contribution is 5.86. The van der Waals surface area contributed by atoms with Crippen molar-refractivity contribution in [3.05, 3.63) is 48.0 Å². The van der Waals surface area contributed by atoms with Crippen molar-refractivity contribution >= 4 is 10.8 Å². The zero-order valence-corrected chi connectivity index (χ0v) is 9.70. The van der Waals surface area contributed by atoms with Crippen molar-refractivity contribution in [2.45, 2.75) is 31.0 Å². The number of halogens is 1. The molecule has 1 nitrogen and oxygen atoms in total. The third-order valence-corrected chi connectivity index (χ3v) is 3.77. The second kappa shape index (κ2) is 3.81. The van der Waals surface area contributed by atoms with Gasteiger partial charge in [0.2, 0.25) is 0 Å². The van der Waals surface area contributed by atoms with Crippen LogP contribution >= 0.6 is 0 Å². The summed E-state index contributed by atoms with van der Waals surface area (Å²) < 4.78 is 14.9.